The van der Waals surface area contributed by atoms with Gasteiger partial charge in [-0.25, -0.2) is 0 Å². The quantitative estimate of drug-likeness (QED) is 0.474. The van der Waals surface area contributed by atoms with Crippen LogP contribution in [0.5, 0.6) is 0 Å². The first-order valence-electron chi connectivity index (χ1n) is 9.58. The van der Waals surface area contributed by atoms with Crippen molar-refractivity contribution in [2.45, 2.75) is 26.4 Å². The zero-order valence-electron chi connectivity index (χ0n) is 16.3. The van der Waals surface area contributed by atoms with Crippen LogP contribution in [0.3, 0.4) is 0 Å². The van der Waals surface area contributed by atoms with E-state index >= 15 is 0 Å². The monoisotopic (exact) mass is 400 g/mol. The van der Waals surface area contributed by atoms with Crippen molar-refractivity contribution >= 4 is 27.9 Å². The van der Waals surface area contributed by atoms with Crippen molar-refractivity contribution in [1.29, 1.82) is 0 Å². The first-order chi connectivity index (χ1) is 14.0. The van der Waals surface area contributed by atoms with Gasteiger partial charge in [0.05, 0.1) is 6.42 Å². The standard InChI is InChI=1S/C23H20N4OS/c1-14-25-26-23(29-14)16-4-5-17-11-24-21(9-19(17)8-16)10-22(28)15-3-6-18-12-27(2)13-20(18)7-15/h3-9,11H,10,12-13H2,1-2H3. The van der Waals surface area contributed by atoms with Gasteiger partial charge in [0.25, 0.3) is 0 Å². The number of aryl methyl sites for hydroxylation is 1. The third-order valence-electron chi connectivity index (χ3n) is 5.30. The Morgan fingerprint density at radius 2 is 1.90 bits per heavy atom. The maximum absolute atomic E-state index is 12.9. The molecule has 5 rings (SSSR count). The average Bonchev–Trinajstić information content (AvgIpc) is 3.31. The number of nitrogens with zero attached hydrogens (tertiary/aromatic N) is 4. The highest BCUT2D eigenvalue weighted by molar-refractivity contribution is 7.14. The highest BCUT2D eigenvalue weighted by Gasteiger charge is 2.18. The smallest absolute Gasteiger partial charge is 0.168 e. The molecule has 0 saturated carbocycles. The normalized spacial score (nSPS) is 13.7. The van der Waals surface area contributed by atoms with Crippen molar-refractivity contribution in [3.05, 3.63) is 76.1 Å². The third-order valence-corrected chi connectivity index (χ3v) is 6.19. The molecule has 29 heavy (non-hydrogen) atoms. The topological polar surface area (TPSA) is 59.0 Å². The SMILES string of the molecule is Cc1nnc(-c2ccc3cnc(CC(=O)c4ccc5c(c4)CN(C)C5)cc3c2)s1. The highest BCUT2D eigenvalue weighted by Crippen LogP contribution is 2.27. The van der Waals surface area contributed by atoms with E-state index in [-0.39, 0.29) is 5.78 Å². The summed E-state index contributed by atoms with van der Waals surface area (Å²) in [6.07, 6.45) is 2.14. The summed E-state index contributed by atoms with van der Waals surface area (Å²) in [6, 6.07) is 14.2. The van der Waals surface area contributed by atoms with Crippen LogP contribution in [0.15, 0.2) is 48.7 Å². The molecule has 6 heteroatoms. The maximum atomic E-state index is 12.9. The second kappa shape index (κ2) is 7.13. The number of pyridine rings is 1. The van der Waals surface area contributed by atoms with E-state index in [4.69, 9.17) is 0 Å². The summed E-state index contributed by atoms with van der Waals surface area (Å²) in [5.41, 5.74) is 5.15. The van der Waals surface area contributed by atoms with Crippen LogP contribution in [0.4, 0.5) is 0 Å². The molecule has 0 N–H and O–H groups in total. The van der Waals surface area contributed by atoms with E-state index < -0.39 is 0 Å². The minimum absolute atomic E-state index is 0.102. The zero-order chi connectivity index (χ0) is 20.0. The molecule has 2 aromatic carbocycles. The van der Waals surface area contributed by atoms with Crippen molar-refractivity contribution in [2.75, 3.05) is 7.05 Å². The van der Waals surface area contributed by atoms with Gasteiger partial charge in [-0.2, -0.15) is 0 Å². The van der Waals surface area contributed by atoms with Gasteiger partial charge in [0.1, 0.15) is 10.0 Å². The maximum Gasteiger partial charge on any atom is 0.168 e. The summed E-state index contributed by atoms with van der Waals surface area (Å²) in [5, 5.41) is 12.3. The van der Waals surface area contributed by atoms with Gasteiger partial charge in [0, 0.05) is 41.5 Å². The second-order valence-corrected chi connectivity index (χ2v) is 8.80. The molecule has 0 spiro atoms. The molecule has 4 aromatic rings. The lowest BCUT2D eigenvalue weighted by Crippen LogP contribution is -2.07. The molecule has 0 fully saturated rings. The molecule has 3 heterocycles. The lowest BCUT2D eigenvalue weighted by molar-refractivity contribution is 0.0992. The Morgan fingerprint density at radius 1 is 1.03 bits per heavy atom. The van der Waals surface area contributed by atoms with Crippen LogP contribution in [0.2, 0.25) is 0 Å². The van der Waals surface area contributed by atoms with Gasteiger partial charge in [0.2, 0.25) is 0 Å². The fraction of sp³-hybridized carbons (Fsp3) is 0.217. The molecular formula is C23H20N4OS. The molecular weight excluding hydrogens is 380 g/mol. The van der Waals surface area contributed by atoms with E-state index in [1.165, 1.54) is 11.1 Å². The van der Waals surface area contributed by atoms with Crippen LogP contribution in [0, 0.1) is 6.92 Å². The molecule has 144 valence electrons. The van der Waals surface area contributed by atoms with Crippen molar-refractivity contribution < 1.29 is 4.79 Å². The predicted molar refractivity (Wildman–Crippen MR) is 115 cm³/mol. The Bertz CT molecular complexity index is 1250. The summed E-state index contributed by atoms with van der Waals surface area (Å²) >= 11 is 1.58. The fourth-order valence-electron chi connectivity index (χ4n) is 3.83. The van der Waals surface area contributed by atoms with Crippen molar-refractivity contribution in [2.24, 2.45) is 0 Å². The first-order valence-corrected chi connectivity index (χ1v) is 10.4. The Morgan fingerprint density at radius 3 is 2.72 bits per heavy atom. The molecule has 2 aromatic heterocycles. The van der Waals surface area contributed by atoms with Gasteiger partial charge >= 0.3 is 0 Å². The molecule has 0 radical (unpaired) electrons. The van der Waals surface area contributed by atoms with Crippen LogP contribution in [-0.4, -0.2) is 32.9 Å². The van der Waals surface area contributed by atoms with Gasteiger partial charge in [-0.05, 0) is 48.7 Å². The molecule has 5 nitrogen and oxygen atoms in total. The van der Waals surface area contributed by atoms with E-state index in [0.29, 0.717) is 6.42 Å². The number of carbonyl (C=O) groups is 1. The number of benzene rings is 2. The Kier molecular flexibility index (Phi) is 4.45. The van der Waals surface area contributed by atoms with Crippen molar-refractivity contribution in [3.63, 3.8) is 0 Å². The molecule has 1 aliphatic heterocycles. The second-order valence-electron chi connectivity index (χ2n) is 7.62. The highest BCUT2D eigenvalue weighted by atomic mass is 32.1. The van der Waals surface area contributed by atoms with Gasteiger partial charge in [-0.3, -0.25) is 14.7 Å². The van der Waals surface area contributed by atoms with Crippen LogP contribution in [-0.2, 0) is 19.5 Å². The molecule has 1 aliphatic rings. The minimum Gasteiger partial charge on any atom is -0.298 e. The lowest BCUT2D eigenvalue weighted by atomic mass is 10.0. The Labute approximate surface area is 173 Å². The van der Waals surface area contributed by atoms with E-state index in [1.807, 2.05) is 43.5 Å². The molecule has 0 amide bonds. The molecule has 0 saturated heterocycles. The summed E-state index contributed by atoms with van der Waals surface area (Å²) in [7, 11) is 2.10. The number of hydrogen-bond acceptors (Lipinski definition) is 6. The number of hydrogen-bond donors (Lipinski definition) is 0. The number of fused-ring (bicyclic) bond motifs is 2. The summed E-state index contributed by atoms with van der Waals surface area (Å²) in [6.45, 7) is 3.80. The van der Waals surface area contributed by atoms with E-state index in [1.54, 1.807) is 11.3 Å². The summed E-state index contributed by atoms with van der Waals surface area (Å²) < 4.78 is 0. The summed E-state index contributed by atoms with van der Waals surface area (Å²) in [5.74, 6) is 0.102. The zero-order valence-corrected chi connectivity index (χ0v) is 17.2. The largest absolute Gasteiger partial charge is 0.298 e. The number of carbonyl (C=O) groups excluding carboxylic acids is 1. The van der Waals surface area contributed by atoms with E-state index in [0.717, 1.165) is 50.7 Å². The van der Waals surface area contributed by atoms with Gasteiger partial charge in [-0.15, -0.1) is 10.2 Å². The number of aromatic nitrogens is 3. The predicted octanol–water partition coefficient (Wildman–Crippen LogP) is 4.43. The number of rotatable bonds is 4. The third kappa shape index (κ3) is 3.57. The molecule has 0 bridgehead atoms. The van der Waals surface area contributed by atoms with Gasteiger partial charge < -0.3 is 0 Å². The first kappa shape index (κ1) is 18.1. The Hall–Kier alpha value is -2.96. The van der Waals surface area contributed by atoms with Crippen molar-refractivity contribution in [1.82, 2.24) is 20.1 Å². The number of Topliss-reactive ketones (excluding diaryl/α,β-unsaturated/α-hetero) is 1. The average molecular weight is 401 g/mol. The lowest BCUT2D eigenvalue weighted by Gasteiger charge is -2.06. The minimum atomic E-state index is 0.102. The number of ketones is 1. The van der Waals surface area contributed by atoms with Crippen LogP contribution in [0.25, 0.3) is 21.3 Å². The van der Waals surface area contributed by atoms with Crippen LogP contribution < -0.4 is 0 Å². The van der Waals surface area contributed by atoms with Crippen LogP contribution in [0.1, 0.15) is 32.2 Å². The Balaban J connectivity index is 1.41. The summed E-state index contributed by atoms with van der Waals surface area (Å²) in [4.78, 5) is 19.6. The van der Waals surface area contributed by atoms with Crippen molar-refractivity contribution in [3.8, 4) is 10.6 Å². The van der Waals surface area contributed by atoms with E-state index in [9.17, 15) is 4.79 Å². The van der Waals surface area contributed by atoms with E-state index in [2.05, 4.69) is 39.3 Å². The molecule has 0 aliphatic carbocycles. The van der Waals surface area contributed by atoms with Gasteiger partial charge in [-0.1, -0.05) is 35.6 Å². The van der Waals surface area contributed by atoms with Crippen LogP contribution >= 0.6 is 11.3 Å². The molecule has 0 atom stereocenters. The molecule has 0 unspecified atom stereocenters. The fourth-order valence-corrected chi connectivity index (χ4v) is 4.52. The van der Waals surface area contributed by atoms with Gasteiger partial charge in [0.15, 0.2) is 5.78 Å².